The average Bonchev–Trinajstić information content (AvgIpc) is 2.71. The molecule has 2 nitrogen and oxygen atoms in total. The van der Waals surface area contributed by atoms with Crippen molar-refractivity contribution in [2.75, 3.05) is 12.4 Å². The number of methoxy groups -OCH3 is 1. The lowest BCUT2D eigenvalue weighted by Crippen LogP contribution is -2.01. The molecule has 1 aromatic heterocycles. The SMILES string of the molecule is COc1c(Br)cc(Cl)cc1NCc1sccc1C. The minimum Gasteiger partial charge on any atom is -0.493 e. The predicted octanol–water partition coefficient (Wildman–Crippen LogP) is 5.09. The Kier molecular flexibility index (Phi) is 4.54. The number of aryl methyl sites for hydroxylation is 1. The van der Waals surface area contributed by atoms with Crippen LogP contribution >= 0.6 is 38.9 Å². The molecule has 0 radical (unpaired) electrons. The van der Waals surface area contributed by atoms with Crippen LogP contribution in [0.1, 0.15) is 10.4 Å². The van der Waals surface area contributed by atoms with E-state index in [0.717, 1.165) is 22.5 Å². The van der Waals surface area contributed by atoms with E-state index in [4.69, 9.17) is 16.3 Å². The molecule has 1 heterocycles. The Hall–Kier alpha value is -0.710. The first-order chi connectivity index (χ1) is 8.61. The van der Waals surface area contributed by atoms with Crippen LogP contribution < -0.4 is 10.1 Å². The summed E-state index contributed by atoms with van der Waals surface area (Å²) in [5.41, 5.74) is 2.19. The molecule has 0 unspecified atom stereocenters. The van der Waals surface area contributed by atoms with Crippen LogP contribution in [0.2, 0.25) is 5.02 Å². The molecular formula is C13H13BrClNOS. The molecule has 0 atom stereocenters. The highest BCUT2D eigenvalue weighted by Gasteiger charge is 2.09. The first-order valence-electron chi connectivity index (χ1n) is 5.41. The highest BCUT2D eigenvalue weighted by molar-refractivity contribution is 9.10. The molecule has 0 aliphatic heterocycles. The number of hydrogen-bond acceptors (Lipinski definition) is 3. The normalized spacial score (nSPS) is 10.4. The lowest BCUT2D eigenvalue weighted by atomic mass is 10.2. The molecule has 2 rings (SSSR count). The van der Waals surface area contributed by atoms with Gasteiger partial charge in [-0.25, -0.2) is 0 Å². The van der Waals surface area contributed by atoms with E-state index in [1.165, 1.54) is 10.4 Å². The Morgan fingerprint density at radius 2 is 2.22 bits per heavy atom. The molecule has 18 heavy (non-hydrogen) atoms. The van der Waals surface area contributed by atoms with E-state index in [1.807, 2.05) is 12.1 Å². The number of hydrogen-bond donors (Lipinski definition) is 1. The standard InChI is InChI=1S/C13H13BrClNOS/c1-8-3-4-18-12(8)7-16-11-6-9(15)5-10(14)13(11)17-2/h3-6,16H,7H2,1-2H3. The quantitative estimate of drug-likeness (QED) is 0.832. The van der Waals surface area contributed by atoms with E-state index in [0.29, 0.717) is 5.02 Å². The molecule has 0 fully saturated rings. The Balaban J connectivity index is 2.21. The van der Waals surface area contributed by atoms with E-state index in [2.05, 4.69) is 39.6 Å². The summed E-state index contributed by atoms with van der Waals surface area (Å²) in [4.78, 5) is 1.31. The summed E-state index contributed by atoms with van der Waals surface area (Å²) in [6, 6.07) is 5.81. The summed E-state index contributed by atoms with van der Waals surface area (Å²) in [6.45, 7) is 2.88. The van der Waals surface area contributed by atoms with Crippen LogP contribution in [0.5, 0.6) is 5.75 Å². The maximum atomic E-state index is 6.05. The van der Waals surface area contributed by atoms with Gasteiger partial charge in [0.2, 0.25) is 0 Å². The monoisotopic (exact) mass is 345 g/mol. The fourth-order valence-corrected chi connectivity index (χ4v) is 3.48. The van der Waals surface area contributed by atoms with Crippen LogP contribution in [0.25, 0.3) is 0 Å². The van der Waals surface area contributed by atoms with Crippen LogP contribution in [0.4, 0.5) is 5.69 Å². The second kappa shape index (κ2) is 5.95. The third-order valence-electron chi connectivity index (χ3n) is 2.62. The van der Waals surface area contributed by atoms with Crippen LogP contribution in [0, 0.1) is 6.92 Å². The van der Waals surface area contributed by atoms with Gasteiger partial charge in [0.15, 0.2) is 5.75 Å². The van der Waals surface area contributed by atoms with Crippen molar-refractivity contribution in [3.63, 3.8) is 0 Å². The Morgan fingerprint density at radius 3 is 2.83 bits per heavy atom. The van der Waals surface area contributed by atoms with Crippen LogP contribution in [-0.2, 0) is 6.54 Å². The highest BCUT2D eigenvalue weighted by Crippen LogP contribution is 2.36. The highest BCUT2D eigenvalue weighted by atomic mass is 79.9. The Morgan fingerprint density at radius 1 is 1.44 bits per heavy atom. The molecule has 0 aliphatic rings. The lowest BCUT2D eigenvalue weighted by Gasteiger charge is -2.13. The molecule has 0 bridgehead atoms. The summed E-state index contributed by atoms with van der Waals surface area (Å²) < 4.78 is 6.22. The summed E-state index contributed by atoms with van der Waals surface area (Å²) in [5, 5.41) is 6.13. The topological polar surface area (TPSA) is 21.3 Å². The van der Waals surface area contributed by atoms with Crippen molar-refractivity contribution in [2.45, 2.75) is 13.5 Å². The van der Waals surface area contributed by atoms with Crippen molar-refractivity contribution in [3.05, 3.63) is 43.5 Å². The number of nitrogens with one attached hydrogen (secondary N) is 1. The molecule has 0 amide bonds. The van der Waals surface area contributed by atoms with E-state index >= 15 is 0 Å². The summed E-state index contributed by atoms with van der Waals surface area (Å²) in [6.07, 6.45) is 0. The van der Waals surface area contributed by atoms with E-state index < -0.39 is 0 Å². The number of anilines is 1. The molecule has 0 aliphatic carbocycles. The van der Waals surface area contributed by atoms with Crippen molar-refractivity contribution in [1.82, 2.24) is 0 Å². The maximum Gasteiger partial charge on any atom is 0.156 e. The first-order valence-corrected chi connectivity index (χ1v) is 7.46. The minimum atomic E-state index is 0.674. The number of thiophene rings is 1. The molecule has 0 spiro atoms. The van der Waals surface area contributed by atoms with E-state index in [-0.39, 0.29) is 0 Å². The van der Waals surface area contributed by atoms with Gasteiger partial charge < -0.3 is 10.1 Å². The summed E-state index contributed by atoms with van der Waals surface area (Å²) in [7, 11) is 1.65. The van der Waals surface area contributed by atoms with Crippen molar-refractivity contribution in [3.8, 4) is 5.75 Å². The minimum absolute atomic E-state index is 0.674. The predicted molar refractivity (Wildman–Crippen MR) is 82.1 cm³/mol. The molecule has 1 aromatic carbocycles. The number of ether oxygens (including phenoxy) is 1. The molecule has 2 aromatic rings. The Bertz CT molecular complexity index is 556. The van der Waals surface area contributed by atoms with Gasteiger partial charge in [0.25, 0.3) is 0 Å². The fraction of sp³-hybridized carbons (Fsp3) is 0.231. The van der Waals surface area contributed by atoms with E-state index in [1.54, 1.807) is 18.4 Å². The van der Waals surface area contributed by atoms with Crippen LogP contribution in [0.3, 0.4) is 0 Å². The zero-order chi connectivity index (χ0) is 13.1. The van der Waals surface area contributed by atoms with Gasteiger partial charge in [-0.15, -0.1) is 11.3 Å². The van der Waals surface area contributed by atoms with Crippen LogP contribution in [0.15, 0.2) is 28.1 Å². The number of benzene rings is 1. The third kappa shape index (κ3) is 2.99. The van der Waals surface area contributed by atoms with Crippen molar-refractivity contribution in [2.24, 2.45) is 0 Å². The third-order valence-corrected chi connectivity index (χ3v) is 4.45. The molecule has 0 saturated heterocycles. The lowest BCUT2D eigenvalue weighted by molar-refractivity contribution is 0.414. The number of rotatable bonds is 4. The average molecular weight is 347 g/mol. The van der Waals surface area contributed by atoms with Gasteiger partial charge in [0.1, 0.15) is 0 Å². The van der Waals surface area contributed by atoms with Gasteiger partial charge in [0, 0.05) is 16.4 Å². The van der Waals surface area contributed by atoms with Gasteiger partial charge in [-0.3, -0.25) is 0 Å². The van der Waals surface area contributed by atoms with E-state index in [9.17, 15) is 0 Å². The van der Waals surface area contributed by atoms with Crippen molar-refractivity contribution in [1.29, 1.82) is 0 Å². The molecule has 1 N–H and O–H groups in total. The number of halogens is 2. The molecule has 0 saturated carbocycles. The van der Waals surface area contributed by atoms with Crippen LogP contribution in [-0.4, -0.2) is 7.11 Å². The summed E-state index contributed by atoms with van der Waals surface area (Å²) >= 11 is 11.2. The zero-order valence-corrected chi connectivity index (χ0v) is 13.2. The maximum absolute atomic E-state index is 6.05. The molecular weight excluding hydrogens is 334 g/mol. The second-order valence-electron chi connectivity index (χ2n) is 3.85. The first kappa shape index (κ1) is 13.7. The van der Waals surface area contributed by atoms with Crippen molar-refractivity contribution < 1.29 is 4.74 Å². The second-order valence-corrected chi connectivity index (χ2v) is 6.14. The molecule has 96 valence electrons. The largest absolute Gasteiger partial charge is 0.493 e. The van der Waals surface area contributed by atoms with Gasteiger partial charge in [-0.2, -0.15) is 0 Å². The molecule has 5 heteroatoms. The van der Waals surface area contributed by atoms with Crippen molar-refractivity contribution >= 4 is 44.6 Å². The smallest absolute Gasteiger partial charge is 0.156 e. The van der Waals surface area contributed by atoms with Gasteiger partial charge in [-0.1, -0.05) is 11.6 Å². The Labute approximate surface area is 124 Å². The van der Waals surface area contributed by atoms with Gasteiger partial charge in [-0.05, 0) is 52.0 Å². The fourth-order valence-electron chi connectivity index (χ4n) is 1.66. The van der Waals surface area contributed by atoms with Gasteiger partial charge >= 0.3 is 0 Å². The summed E-state index contributed by atoms with van der Waals surface area (Å²) in [5.74, 6) is 0.772. The van der Waals surface area contributed by atoms with Gasteiger partial charge in [0.05, 0.1) is 17.3 Å². The zero-order valence-electron chi connectivity index (χ0n) is 10.1.